The van der Waals surface area contributed by atoms with Gasteiger partial charge >= 0.3 is 0 Å². The van der Waals surface area contributed by atoms with Gasteiger partial charge in [0, 0.05) is 5.54 Å². The van der Waals surface area contributed by atoms with Crippen LogP contribution in [0.2, 0.25) is 0 Å². The van der Waals surface area contributed by atoms with E-state index < -0.39 is 0 Å². The standard InChI is InChI=1S/C11H26N2/c1-4-10(5-2)6-7-11(3,13)8-9-12/h10H,4-9,12-13H2,1-3H3. The zero-order valence-electron chi connectivity index (χ0n) is 9.47. The highest BCUT2D eigenvalue weighted by molar-refractivity contribution is 4.79. The minimum atomic E-state index is -0.0443. The van der Waals surface area contributed by atoms with Crippen LogP contribution in [0.15, 0.2) is 0 Å². The number of hydrogen-bond donors (Lipinski definition) is 2. The lowest BCUT2D eigenvalue weighted by Crippen LogP contribution is -2.38. The molecule has 0 spiro atoms. The molecule has 0 saturated heterocycles. The second-order valence-corrected chi connectivity index (χ2v) is 4.41. The van der Waals surface area contributed by atoms with E-state index in [-0.39, 0.29) is 5.54 Å². The molecule has 0 heterocycles. The summed E-state index contributed by atoms with van der Waals surface area (Å²) < 4.78 is 0. The van der Waals surface area contributed by atoms with Crippen LogP contribution in [0.5, 0.6) is 0 Å². The van der Waals surface area contributed by atoms with Gasteiger partial charge in [0.2, 0.25) is 0 Å². The summed E-state index contributed by atoms with van der Waals surface area (Å²) in [6.45, 7) is 7.33. The molecule has 0 aromatic carbocycles. The quantitative estimate of drug-likeness (QED) is 0.641. The Hall–Kier alpha value is -0.0800. The van der Waals surface area contributed by atoms with Crippen molar-refractivity contribution in [2.75, 3.05) is 6.54 Å². The summed E-state index contributed by atoms with van der Waals surface area (Å²) in [5.74, 6) is 0.848. The van der Waals surface area contributed by atoms with Gasteiger partial charge in [-0.1, -0.05) is 26.7 Å². The third-order valence-corrected chi connectivity index (χ3v) is 2.99. The van der Waals surface area contributed by atoms with E-state index in [0.29, 0.717) is 6.54 Å². The van der Waals surface area contributed by atoms with Gasteiger partial charge in [0.05, 0.1) is 0 Å². The second-order valence-electron chi connectivity index (χ2n) is 4.41. The first-order chi connectivity index (χ1) is 6.05. The van der Waals surface area contributed by atoms with Gasteiger partial charge in [-0.25, -0.2) is 0 Å². The Morgan fingerprint density at radius 2 is 1.69 bits per heavy atom. The van der Waals surface area contributed by atoms with Gasteiger partial charge in [0.25, 0.3) is 0 Å². The van der Waals surface area contributed by atoms with Crippen LogP contribution in [0.25, 0.3) is 0 Å². The molecule has 4 N–H and O–H groups in total. The van der Waals surface area contributed by atoms with Crippen molar-refractivity contribution in [2.45, 2.75) is 58.4 Å². The normalized spacial score (nSPS) is 16.2. The van der Waals surface area contributed by atoms with Crippen molar-refractivity contribution >= 4 is 0 Å². The molecule has 0 saturated carbocycles. The topological polar surface area (TPSA) is 52.0 Å². The highest BCUT2D eigenvalue weighted by Gasteiger charge is 2.18. The average Bonchev–Trinajstić information content (AvgIpc) is 2.06. The molecule has 0 amide bonds. The van der Waals surface area contributed by atoms with Gasteiger partial charge in [-0.3, -0.25) is 0 Å². The molecule has 0 bridgehead atoms. The van der Waals surface area contributed by atoms with Gasteiger partial charge in [-0.15, -0.1) is 0 Å². The summed E-state index contributed by atoms with van der Waals surface area (Å²) in [6, 6.07) is 0. The molecule has 0 aliphatic heterocycles. The Balaban J connectivity index is 3.71. The summed E-state index contributed by atoms with van der Waals surface area (Å²) in [6.07, 6.45) is 5.84. The van der Waals surface area contributed by atoms with Crippen molar-refractivity contribution in [1.82, 2.24) is 0 Å². The smallest absolute Gasteiger partial charge is 0.0138 e. The van der Waals surface area contributed by atoms with Crippen molar-refractivity contribution in [3.05, 3.63) is 0 Å². The summed E-state index contributed by atoms with van der Waals surface area (Å²) >= 11 is 0. The van der Waals surface area contributed by atoms with E-state index in [1.807, 2.05) is 0 Å². The molecule has 0 aliphatic rings. The number of rotatable bonds is 7. The maximum Gasteiger partial charge on any atom is 0.0138 e. The Morgan fingerprint density at radius 3 is 2.08 bits per heavy atom. The Kier molecular flexibility index (Phi) is 6.35. The van der Waals surface area contributed by atoms with E-state index in [1.54, 1.807) is 0 Å². The molecule has 1 atom stereocenters. The second kappa shape index (κ2) is 6.39. The lowest BCUT2D eigenvalue weighted by molar-refractivity contribution is 0.338. The van der Waals surface area contributed by atoms with E-state index in [9.17, 15) is 0 Å². The molecular formula is C11H26N2. The van der Waals surface area contributed by atoms with Gasteiger partial charge < -0.3 is 11.5 Å². The molecule has 80 valence electrons. The first-order valence-electron chi connectivity index (χ1n) is 5.54. The minimum absolute atomic E-state index is 0.0443. The SMILES string of the molecule is CCC(CC)CCC(C)(N)CCN. The molecule has 13 heavy (non-hydrogen) atoms. The summed E-state index contributed by atoms with van der Waals surface area (Å²) in [7, 11) is 0. The van der Waals surface area contributed by atoms with E-state index in [0.717, 1.165) is 18.8 Å². The van der Waals surface area contributed by atoms with Crippen LogP contribution < -0.4 is 11.5 Å². The van der Waals surface area contributed by atoms with Crippen molar-refractivity contribution in [3.8, 4) is 0 Å². The lowest BCUT2D eigenvalue weighted by atomic mass is 9.87. The Labute approximate surface area is 83.1 Å². The maximum atomic E-state index is 6.10. The molecule has 2 nitrogen and oxygen atoms in total. The molecule has 0 radical (unpaired) electrons. The van der Waals surface area contributed by atoms with E-state index in [1.165, 1.54) is 19.3 Å². The zero-order valence-corrected chi connectivity index (χ0v) is 9.47. The zero-order chi connectivity index (χ0) is 10.3. The Morgan fingerprint density at radius 1 is 1.15 bits per heavy atom. The van der Waals surface area contributed by atoms with Crippen molar-refractivity contribution in [2.24, 2.45) is 17.4 Å². The highest BCUT2D eigenvalue weighted by Crippen LogP contribution is 2.21. The maximum absolute atomic E-state index is 6.10. The van der Waals surface area contributed by atoms with Crippen LogP contribution in [0.3, 0.4) is 0 Å². The van der Waals surface area contributed by atoms with Gasteiger partial charge in [-0.05, 0) is 38.6 Å². The summed E-state index contributed by atoms with van der Waals surface area (Å²) in [5.41, 5.74) is 11.6. The van der Waals surface area contributed by atoms with Crippen LogP contribution in [0, 0.1) is 5.92 Å². The predicted molar refractivity (Wildman–Crippen MR) is 59.6 cm³/mol. The van der Waals surface area contributed by atoms with Crippen LogP contribution in [0.4, 0.5) is 0 Å². The van der Waals surface area contributed by atoms with Crippen molar-refractivity contribution < 1.29 is 0 Å². The molecule has 0 rings (SSSR count). The highest BCUT2D eigenvalue weighted by atomic mass is 14.7. The van der Waals surface area contributed by atoms with E-state index in [4.69, 9.17) is 11.5 Å². The molecule has 0 aromatic rings. The molecule has 2 heteroatoms. The predicted octanol–water partition coefficient (Wildman–Crippen LogP) is 2.27. The van der Waals surface area contributed by atoms with Crippen molar-refractivity contribution in [3.63, 3.8) is 0 Å². The van der Waals surface area contributed by atoms with Crippen LogP contribution in [-0.4, -0.2) is 12.1 Å². The molecule has 0 fully saturated rings. The van der Waals surface area contributed by atoms with Gasteiger partial charge in [0.15, 0.2) is 0 Å². The fourth-order valence-corrected chi connectivity index (χ4v) is 1.69. The van der Waals surface area contributed by atoms with Crippen LogP contribution >= 0.6 is 0 Å². The monoisotopic (exact) mass is 186 g/mol. The molecular weight excluding hydrogens is 160 g/mol. The average molecular weight is 186 g/mol. The lowest BCUT2D eigenvalue weighted by Gasteiger charge is -2.26. The van der Waals surface area contributed by atoms with E-state index in [2.05, 4.69) is 20.8 Å². The van der Waals surface area contributed by atoms with Gasteiger partial charge in [-0.2, -0.15) is 0 Å². The van der Waals surface area contributed by atoms with Gasteiger partial charge in [0.1, 0.15) is 0 Å². The third kappa shape index (κ3) is 6.05. The Bertz CT molecular complexity index is 117. The van der Waals surface area contributed by atoms with Crippen molar-refractivity contribution in [1.29, 1.82) is 0 Å². The third-order valence-electron chi connectivity index (χ3n) is 2.99. The van der Waals surface area contributed by atoms with Crippen LogP contribution in [0.1, 0.15) is 52.9 Å². The molecule has 1 unspecified atom stereocenters. The minimum Gasteiger partial charge on any atom is -0.330 e. The summed E-state index contributed by atoms with van der Waals surface area (Å²) in [5, 5.41) is 0. The molecule has 0 aliphatic carbocycles. The van der Waals surface area contributed by atoms with Crippen LogP contribution in [-0.2, 0) is 0 Å². The largest absolute Gasteiger partial charge is 0.330 e. The molecule has 0 aromatic heterocycles. The fraction of sp³-hybridized carbons (Fsp3) is 1.00. The first-order valence-corrected chi connectivity index (χ1v) is 5.54. The first kappa shape index (κ1) is 12.9. The number of hydrogen-bond acceptors (Lipinski definition) is 2. The van der Waals surface area contributed by atoms with E-state index >= 15 is 0 Å². The fourth-order valence-electron chi connectivity index (χ4n) is 1.69. The number of nitrogens with two attached hydrogens (primary N) is 2. The summed E-state index contributed by atoms with van der Waals surface area (Å²) in [4.78, 5) is 0.